The van der Waals surface area contributed by atoms with E-state index in [2.05, 4.69) is 13.8 Å². The fraction of sp³-hybridized carbons (Fsp3) is 0.967. The van der Waals surface area contributed by atoms with Gasteiger partial charge in [0.05, 0.1) is 0 Å². The van der Waals surface area contributed by atoms with E-state index in [0.717, 1.165) is 12.8 Å². The second-order valence-corrected chi connectivity index (χ2v) is 12.6. The molecule has 0 rings (SSSR count). The molecule has 0 aliphatic carbocycles. The van der Waals surface area contributed by atoms with Gasteiger partial charge >= 0.3 is 143 Å². The zero-order valence-electron chi connectivity index (χ0n) is 26.5. The van der Waals surface area contributed by atoms with Gasteiger partial charge in [-0.1, -0.05) is 96.8 Å². The van der Waals surface area contributed by atoms with E-state index in [0.29, 0.717) is 0 Å². The molecule has 9 heteroatoms. The third-order valence-electron chi connectivity index (χ3n) is 6.69. The number of carboxylic acid groups (broad SMARTS) is 1. The minimum atomic E-state index is -4.67. The van der Waals surface area contributed by atoms with Gasteiger partial charge in [0.1, 0.15) is 0 Å². The molecule has 226 valence electrons. The number of hydrogen-bond acceptors (Lipinski definition) is 4. The van der Waals surface area contributed by atoms with Gasteiger partial charge in [-0.25, -0.2) is 0 Å². The Hall–Kier alpha value is 1.34. The van der Waals surface area contributed by atoms with Crippen LogP contribution in [0, 0.1) is 0 Å². The Kier molecular flexibility index (Phi) is 50.3. The van der Waals surface area contributed by atoms with Crippen LogP contribution in [-0.2, 0) is 15.2 Å². The van der Waals surface area contributed by atoms with Crippen molar-refractivity contribution in [2.24, 2.45) is 0 Å². The first-order valence-electron chi connectivity index (χ1n) is 16.1. The molecule has 0 unspecified atom stereocenters. The Balaban J connectivity index is -0.000000276. The Bertz CT molecular complexity index is 530. The summed E-state index contributed by atoms with van der Waals surface area (Å²) in [4.78, 5) is 10.2. The van der Waals surface area contributed by atoms with E-state index in [1.165, 1.54) is 179 Å². The SMILES string of the molecule is CCCCCCCCCCCCCCCCCC(=O)[O-].CCCCCCCCCCC[CH2][Na].O=S(=O)(O)O.[Na+]. The van der Waals surface area contributed by atoms with Gasteiger partial charge < -0.3 is 9.90 Å². The number of carbonyl (C=O) groups excluding carboxylic acids is 1. The van der Waals surface area contributed by atoms with Crippen LogP contribution >= 0.6 is 0 Å². The Morgan fingerprint density at radius 1 is 0.538 bits per heavy atom. The number of carbonyl (C=O) groups is 1. The molecule has 2 N–H and O–H groups in total. The van der Waals surface area contributed by atoms with Crippen molar-refractivity contribution in [1.29, 1.82) is 0 Å². The van der Waals surface area contributed by atoms with Crippen molar-refractivity contribution in [3.8, 4) is 0 Å². The van der Waals surface area contributed by atoms with Gasteiger partial charge in [-0.15, -0.1) is 0 Å². The molecule has 39 heavy (non-hydrogen) atoms. The van der Waals surface area contributed by atoms with Gasteiger partial charge in [-0.05, 0) is 12.8 Å². The maximum absolute atomic E-state index is 10.2. The van der Waals surface area contributed by atoms with Crippen LogP contribution in [-0.4, -0.2) is 51.4 Å². The van der Waals surface area contributed by atoms with Gasteiger partial charge in [0, 0.05) is 5.97 Å². The van der Waals surface area contributed by atoms with E-state index >= 15 is 0 Å². The van der Waals surface area contributed by atoms with Crippen LogP contribution in [0.3, 0.4) is 0 Å². The molecular weight excluding hydrogens is 534 g/mol. The predicted molar refractivity (Wildman–Crippen MR) is 161 cm³/mol. The van der Waals surface area contributed by atoms with Crippen LogP contribution in [0.15, 0.2) is 0 Å². The molecule has 0 radical (unpaired) electrons. The Morgan fingerprint density at radius 2 is 0.744 bits per heavy atom. The van der Waals surface area contributed by atoms with E-state index in [4.69, 9.17) is 17.5 Å². The summed E-state index contributed by atoms with van der Waals surface area (Å²) in [6, 6.07) is 0. The largest absolute Gasteiger partial charge is 1.00 e. The van der Waals surface area contributed by atoms with Crippen molar-refractivity contribution in [2.75, 3.05) is 0 Å². The smallest absolute Gasteiger partial charge is 0.264 e. The van der Waals surface area contributed by atoms with Gasteiger partial charge in [-0.2, -0.15) is 8.42 Å². The third-order valence-corrected chi connectivity index (χ3v) is 7.40. The average Bonchev–Trinajstić information content (AvgIpc) is 2.84. The van der Waals surface area contributed by atoms with Crippen LogP contribution in [0.25, 0.3) is 0 Å². The third kappa shape index (κ3) is 68.3. The molecule has 0 aromatic rings. The predicted octanol–water partition coefficient (Wildman–Crippen LogP) is 5.84. The molecule has 0 aliphatic rings. The summed E-state index contributed by atoms with van der Waals surface area (Å²) in [5.41, 5.74) is 0. The summed E-state index contributed by atoms with van der Waals surface area (Å²) in [5.74, 6) is -0.903. The topological polar surface area (TPSA) is 115 Å². The summed E-state index contributed by atoms with van der Waals surface area (Å²) in [6.07, 6.45) is 34.6. The van der Waals surface area contributed by atoms with E-state index in [1.807, 2.05) is 0 Å². The van der Waals surface area contributed by atoms with Crippen molar-refractivity contribution >= 4 is 44.3 Å². The molecule has 6 nitrogen and oxygen atoms in total. The zero-order valence-corrected chi connectivity index (χ0v) is 31.3. The monoisotopic (exact) mass is 596 g/mol. The van der Waals surface area contributed by atoms with Crippen LogP contribution in [0.1, 0.15) is 181 Å². The molecule has 0 heterocycles. The fourth-order valence-corrected chi connectivity index (χ4v) is 4.88. The summed E-state index contributed by atoms with van der Waals surface area (Å²) >= 11 is 1.41. The van der Waals surface area contributed by atoms with E-state index in [1.54, 1.807) is 0 Å². The van der Waals surface area contributed by atoms with Crippen molar-refractivity contribution in [2.45, 2.75) is 184 Å². The molecule has 0 spiro atoms. The zero-order chi connectivity index (χ0) is 29.2. The van der Waals surface area contributed by atoms with Crippen LogP contribution in [0.2, 0.25) is 3.67 Å². The maximum atomic E-state index is 10.2. The van der Waals surface area contributed by atoms with Crippen LogP contribution in [0.5, 0.6) is 0 Å². The van der Waals surface area contributed by atoms with Crippen molar-refractivity contribution in [3.05, 3.63) is 0 Å². The number of carboxylic acids is 1. The first-order valence-corrected chi connectivity index (χ1v) is 18.9. The molecule has 0 saturated heterocycles. The minimum Gasteiger partial charge on any atom is -0.264 e. The van der Waals surface area contributed by atoms with Crippen LogP contribution < -0.4 is 34.7 Å². The minimum absolute atomic E-state index is 0. The summed E-state index contributed by atoms with van der Waals surface area (Å²) < 4.78 is 33.1. The first-order chi connectivity index (χ1) is 18.2. The maximum Gasteiger partial charge on any atom is 1.00 e. The quantitative estimate of drug-likeness (QED) is 0.0736. The van der Waals surface area contributed by atoms with Crippen molar-refractivity contribution in [1.82, 2.24) is 0 Å². The number of hydrogen-bond donors (Lipinski definition) is 2. The van der Waals surface area contributed by atoms with Gasteiger partial charge in [0.25, 0.3) is 0 Å². The van der Waals surface area contributed by atoms with E-state index in [9.17, 15) is 9.90 Å². The molecule has 0 amide bonds. The summed E-state index contributed by atoms with van der Waals surface area (Å²) in [5, 5.41) is 10.2. The van der Waals surface area contributed by atoms with Crippen LogP contribution in [0.4, 0.5) is 0 Å². The molecule has 0 aromatic heterocycles. The molecule has 0 aliphatic heterocycles. The molecule has 0 bridgehead atoms. The number of aliphatic carboxylic acids is 1. The first kappa shape index (κ1) is 47.3. The Morgan fingerprint density at radius 3 is 0.949 bits per heavy atom. The Labute approximate surface area is 283 Å². The summed E-state index contributed by atoms with van der Waals surface area (Å²) in [7, 11) is -4.67. The van der Waals surface area contributed by atoms with Gasteiger partial charge in [0.15, 0.2) is 0 Å². The standard InChI is InChI=1S/C18H36O2.C12H25.2Na.H2O4S/c1-2-3-4-5-6-7-8-9-10-11-12-13-14-15-16-17-18(19)20;1-3-5-7-9-11-12-10-8-6-4-2;;;1-5(2,3)4/h2-17H2,1H3,(H,19,20);1,3-12H2,2H3;;;(H2,1,2,3,4)/q;;;+1;/p-1. The molecule has 0 atom stereocenters. The second-order valence-electron chi connectivity index (χ2n) is 10.7. The summed E-state index contributed by atoms with van der Waals surface area (Å²) in [6.45, 7) is 4.55. The van der Waals surface area contributed by atoms with E-state index < -0.39 is 16.4 Å². The van der Waals surface area contributed by atoms with E-state index in [-0.39, 0.29) is 36.0 Å². The van der Waals surface area contributed by atoms with Crippen molar-refractivity contribution in [3.63, 3.8) is 0 Å². The van der Waals surface area contributed by atoms with Gasteiger partial charge in [-0.3, -0.25) is 9.11 Å². The molecule has 0 aromatic carbocycles. The van der Waals surface area contributed by atoms with Crippen molar-refractivity contribution < 1.29 is 57.0 Å². The molecular formula is C30H62Na2O6S. The number of unbranched alkanes of at least 4 members (excludes halogenated alkanes) is 23. The normalized spacial score (nSPS) is 10.6. The average molecular weight is 597 g/mol. The number of rotatable bonds is 26. The molecule has 0 fully saturated rings. The molecule has 0 saturated carbocycles. The fourth-order valence-electron chi connectivity index (χ4n) is 4.38. The van der Waals surface area contributed by atoms with Gasteiger partial charge in [0.2, 0.25) is 0 Å². The second kappa shape index (κ2) is 41.5.